The highest BCUT2D eigenvalue weighted by Gasteiger charge is 2.24. The summed E-state index contributed by atoms with van der Waals surface area (Å²) in [6.07, 6.45) is 3.73. The standard InChI is InChI=1S/C14H23NO3/c1-11-8-6-5-7-9-15(13(11)17)10-12(16)18-14(2,3)4/h1,5-10H2,2-4H3. The summed E-state index contributed by atoms with van der Waals surface area (Å²) in [5.41, 5.74) is 0.0816. The van der Waals surface area contributed by atoms with Crippen molar-refractivity contribution < 1.29 is 14.3 Å². The second-order valence-electron chi connectivity index (χ2n) is 5.73. The van der Waals surface area contributed by atoms with Crippen LogP contribution in [-0.4, -0.2) is 35.5 Å². The van der Waals surface area contributed by atoms with Crippen molar-refractivity contribution in [1.29, 1.82) is 0 Å². The molecule has 4 heteroatoms. The molecule has 0 spiro atoms. The van der Waals surface area contributed by atoms with Gasteiger partial charge in [-0.05, 0) is 40.0 Å². The van der Waals surface area contributed by atoms with Gasteiger partial charge in [0.15, 0.2) is 0 Å². The minimum absolute atomic E-state index is 0.0229. The van der Waals surface area contributed by atoms with Crippen LogP contribution >= 0.6 is 0 Å². The second kappa shape index (κ2) is 6.03. The highest BCUT2D eigenvalue weighted by Crippen LogP contribution is 2.16. The molecule has 0 unspecified atom stereocenters. The van der Waals surface area contributed by atoms with Crippen LogP contribution in [0.1, 0.15) is 46.5 Å². The lowest BCUT2D eigenvalue weighted by atomic mass is 10.0. The first-order chi connectivity index (χ1) is 8.29. The van der Waals surface area contributed by atoms with E-state index in [9.17, 15) is 9.59 Å². The number of carbonyl (C=O) groups is 2. The van der Waals surface area contributed by atoms with E-state index in [1.807, 2.05) is 20.8 Å². The molecule has 0 aromatic heterocycles. The number of nitrogens with zero attached hydrogens (tertiary/aromatic N) is 1. The maximum Gasteiger partial charge on any atom is 0.326 e. The Balaban J connectivity index is 2.59. The monoisotopic (exact) mass is 253 g/mol. The third-order valence-corrected chi connectivity index (χ3v) is 2.74. The molecule has 1 saturated heterocycles. The molecule has 0 atom stereocenters. The molecule has 1 aliphatic heterocycles. The minimum Gasteiger partial charge on any atom is -0.459 e. The molecule has 4 nitrogen and oxygen atoms in total. The first-order valence-electron chi connectivity index (χ1n) is 6.48. The number of amides is 1. The predicted molar refractivity (Wildman–Crippen MR) is 70.0 cm³/mol. The molecule has 0 radical (unpaired) electrons. The van der Waals surface area contributed by atoms with Crippen molar-refractivity contribution >= 4 is 11.9 Å². The third-order valence-electron chi connectivity index (χ3n) is 2.74. The van der Waals surface area contributed by atoms with E-state index in [1.54, 1.807) is 4.90 Å². The van der Waals surface area contributed by atoms with Gasteiger partial charge in [0.25, 0.3) is 0 Å². The summed E-state index contributed by atoms with van der Waals surface area (Å²) in [6.45, 7) is 9.87. The van der Waals surface area contributed by atoms with Gasteiger partial charge in [0.1, 0.15) is 12.1 Å². The van der Waals surface area contributed by atoms with Crippen LogP contribution in [0.25, 0.3) is 0 Å². The van der Waals surface area contributed by atoms with E-state index >= 15 is 0 Å². The van der Waals surface area contributed by atoms with Crippen molar-refractivity contribution in [3.8, 4) is 0 Å². The highest BCUT2D eigenvalue weighted by atomic mass is 16.6. The molecule has 18 heavy (non-hydrogen) atoms. The normalized spacial score (nSPS) is 18.3. The fourth-order valence-electron chi connectivity index (χ4n) is 1.93. The first-order valence-corrected chi connectivity index (χ1v) is 6.48. The van der Waals surface area contributed by atoms with Gasteiger partial charge in [-0.15, -0.1) is 0 Å². The third kappa shape index (κ3) is 4.90. The van der Waals surface area contributed by atoms with Gasteiger partial charge >= 0.3 is 5.97 Å². The molecule has 102 valence electrons. The molecular formula is C14H23NO3. The lowest BCUT2D eigenvalue weighted by Crippen LogP contribution is -2.40. The zero-order valence-electron chi connectivity index (χ0n) is 11.6. The van der Waals surface area contributed by atoms with E-state index in [4.69, 9.17) is 4.74 Å². The predicted octanol–water partition coefficient (Wildman–Crippen LogP) is 2.29. The molecule has 1 aliphatic rings. The summed E-state index contributed by atoms with van der Waals surface area (Å²) in [5.74, 6) is -0.468. The number of likely N-dealkylation sites (tertiary alicyclic amines) is 1. The van der Waals surface area contributed by atoms with Crippen LogP contribution in [0, 0.1) is 0 Å². The molecule has 0 N–H and O–H groups in total. The van der Waals surface area contributed by atoms with Gasteiger partial charge in [-0.2, -0.15) is 0 Å². The number of hydrogen-bond donors (Lipinski definition) is 0. The van der Waals surface area contributed by atoms with E-state index in [0.717, 1.165) is 25.7 Å². The van der Waals surface area contributed by atoms with Crippen LogP contribution in [-0.2, 0) is 14.3 Å². The van der Waals surface area contributed by atoms with E-state index < -0.39 is 5.60 Å². The molecule has 1 amide bonds. The van der Waals surface area contributed by atoms with Crippen LogP contribution in [0.3, 0.4) is 0 Å². The Kier molecular flexibility index (Phi) is 4.93. The number of carbonyl (C=O) groups excluding carboxylic acids is 2. The zero-order valence-corrected chi connectivity index (χ0v) is 11.6. The topological polar surface area (TPSA) is 46.6 Å². The molecular weight excluding hydrogens is 230 g/mol. The van der Waals surface area contributed by atoms with E-state index in [2.05, 4.69) is 6.58 Å². The number of ether oxygens (including phenoxy) is 1. The van der Waals surface area contributed by atoms with Gasteiger partial charge in [0, 0.05) is 12.1 Å². The van der Waals surface area contributed by atoms with Gasteiger partial charge < -0.3 is 9.64 Å². The fraction of sp³-hybridized carbons (Fsp3) is 0.714. The van der Waals surface area contributed by atoms with Crippen LogP contribution in [0.2, 0.25) is 0 Å². The molecule has 0 saturated carbocycles. The molecule has 0 bridgehead atoms. The number of hydrogen-bond acceptors (Lipinski definition) is 3. The quantitative estimate of drug-likeness (QED) is 0.560. The molecule has 1 heterocycles. The lowest BCUT2D eigenvalue weighted by molar-refractivity contribution is -0.158. The minimum atomic E-state index is -0.514. The van der Waals surface area contributed by atoms with Crippen molar-refractivity contribution in [2.45, 2.75) is 52.1 Å². The van der Waals surface area contributed by atoms with Gasteiger partial charge in [0.2, 0.25) is 5.91 Å². The van der Waals surface area contributed by atoms with Crippen molar-refractivity contribution in [2.75, 3.05) is 13.1 Å². The summed E-state index contributed by atoms with van der Waals surface area (Å²) in [7, 11) is 0. The van der Waals surface area contributed by atoms with Crippen LogP contribution in [0.15, 0.2) is 12.2 Å². The average Bonchev–Trinajstić information content (AvgIpc) is 2.21. The largest absolute Gasteiger partial charge is 0.459 e. The Bertz CT molecular complexity index is 341. The van der Waals surface area contributed by atoms with Gasteiger partial charge in [-0.25, -0.2) is 0 Å². The van der Waals surface area contributed by atoms with Crippen molar-refractivity contribution in [2.24, 2.45) is 0 Å². The Morgan fingerprint density at radius 1 is 1.33 bits per heavy atom. The van der Waals surface area contributed by atoms with E-state index in [0.29, 0.717) is 12.1 Å². The summed E-state index contributed by atoms with van der Waals surface area (Å²) in [4.78, 5) is 25.3. The lowest BCUT2D eigenvalue weighted by Gasteiger charge is -2.27. The van der Waals surface area contributed by atoms with E-state index in [1.165, 1.54) is 0 Å². The summed E-state index contributed by atoms with van der Waals surface area (Å²) < 4.78 is 5.23. The van der Waals surface area contributed by atoms with E-state index in [-0.39, 0.29) is 18.4 Å². The fourth-order valence-corrected chi connectivity index (χ4v) is 1.93. The Labute approximate surface area is 109 Å². The second-order valence-corrected chi connectivity index (χ2v) is 5.73. The van der Waals surface area contributed by atoms with Crippen LogP contribution in [0.4, 0.5) is 0 Å². The smallest absolute Gasteiger partial charge is 0.326 e. The van der Waals surface area contributed by atoms with Crippen molar-refractivity contribution in [1.82, 2.24) is 4.90 Å². The average molecular weight is 253 g/mol. The highest BCUT2D eigenvalue weighted by molar-refractivity contribution is 5.94. The first kappa shape index (κ1) is 14.7. The van der Waals surface area contributed by atoms with Crippen molar-refractivity contribution in [3.05, 3.63) is 12.2 Å². The molecule has 0 aliphatic carbocycles. The van der Waals surface area contributed by atoms with Crippen LogP contribution < -0.4 is 0 Å². The summed E-state index contributed by atoms with van der Waals surface area (Å²) in [5, 5.41) is 0. The Morgan fingerprint density at radius 2 is 2.00 bits per heavy atom. The maximum atomic E-state index is 12.0. The summed E-state index contributed by atoms with van der Waals surface area (Å²) in [6, 6.07) is 0. The zero-order chi connectivity index (χ0) is 13.8. The SMILES string of the molecule is C=C1CCCCCN(CC(=O)OC(C)(C)C)C1=O. The van der Waals surface area contributed by atoms with Crippen LogP contribution in [0.5, 0.6) is 0 Å². The van der Waals surface area contributed by atoms with Gasteiger partial charge in [-0.1, -0.05) is 13.0 Å². The summed E-state index contributed by atoms with van der Waals surface area (Å²) >= 11 is 0. The maximum absolute atomic E-state index is 12.0. The van der Waals surface area contributed by atoms with Gasteiger partial charge in [0.05, 0.1) is 0 Å². The molecule has 0 aromatic carbocycles. The number of esters is 1. The van der Waals surface area contributed by atoms with Gasteiger partial charge in [-0.3, -0.25) is 9.59 Å². The van der Waals surface area contributed by atoms with Crippen molar-refractivity contribution in [3.63, 3.8) is 0 Å². The number of rotatable bonds is 2. The molecule has 0 aromatic rings. The molecule has 1 rings (SSSR count). The Morgan fingerprint density at radius 3 is 2.61 bits per heavy atom. The Hall–Kier alpha value is -1.32. The molecule has 1 fully saturated rings.